The molecule has 1 aromatic rings. The van der Waals surface area contributed by atoms with Gasteiger partial charge in [0.05, 0.1) is 0 Å². The van der Waals surface area contributed by atoms with Crippen molar-refractivity contribution in [1.82, 2.24) is 10.2 Å². The third-order valence-electron chi connectivity index (χ3n) is 3.58. The second kappa shape index (κ2) is 6.57. The lowest BCUT2D eigenvalue weighted by atomic mass is 10.1. The molecule has 2 N–H and O–H groups in total. The Kier molecular flexibility index (Phi) is 4.80. The van der Waals surface area contributed by atoms with E-state index in [9.17, 15) is 4.79 Å². The lowest BCUT2D eigenvalue weighted by Gasteiger charge is -2.32. The van der Waals surface area contributed by atoms with Gasteiger partial charge in [0.25, 0.3) is 0 Å². The number of piperidine rings is 1. The van der Waals surface area contributed by atoms with Gasteiger partial charge in [-0.2, -0.15) is 0 Å². The fourth-order valence-electron chi connectivity index (χ4n) is 2.41. The number of carbonyl (C=O) groups excluding carboxylic acids is 1. The zero-order valence-electron chi connectivity index (χ0n) is 11.8. The SMILES string of the molecule is CCNC1CCN(C(=O)Nc2ccc(C)cc2)CC1. The van der Waals surface area contributed by atoms with Crippen LogP contribution in [0.1, 0.15) is 25.3 Å². The number of likely N-dealkylation sites (tertiary alicyclic amines) is 1. The first-order valence-corrected chi connectivity index (χ1v) is 7.05. The minimum atomic E-state index is 0.0128. The molecule has 0 atom stereocenters. The monoisotopic (exact) mass is 261 g/mol. The molecule has 4 nitrogen and oxygen atoms in total. The maximum Gasteiger partial charge on any atom is 0.321 e. The van der Waals surface area contributed by atoms with Crippen molar-refractivity contribution >= 4 is 11.7 Å². The van der Waals surface area contributed by atoms with Gasteiger partial charge in [-0.15, -0.1) is 0 Å². The summed E-state index contributed by atoms with van der Waals surface area (Å²) in [7, 11) is 0. The largest absolute Gasteiger partial charge is 0.324 e. The molecule has 2 rings (SSSR count). The molecule has 19 heavy (non-hydrogen) atoms. The van der Waals surface area contributed by atoms with Gasteiger partial charge in [-0.3, -0.25) is 0 Å². The van der Waals surface area contributed by atoms with Crippen molar-refractivity contribution in [3.63, 3.8) is 0 Å². The third kappa shape index (κ3) is 3.96. The van der Waals surface area contributed by atoms with Crippen molar-refractivity contribution in [3.05, 3.63) is 29.8 Å². The first kappa shape index (κ1) is 13.9. The topological polar surface area (TPSA) is 44.4 Å². The van der Waals surface area contributed by atoms with E-state index in [1.54, 1.807) is 0 Å². The number of hydrogen-bond donors (Lipinski definition) is 2. The van der Waals surface area contributed by atoms with Crippen molar-refractivity contribution < 1.29 is 4.79 Å². The fourth-order valence-corrected chi connectivity index (χ4v) is 2.41. The minimum Gasteiger partial charge on any atom is -0.324 e. The first-order valence-electron chi connectivity index (χ1n) is 7.05. The average Bonchev–Trinajstić information content (AvgIpc) is 2.42. The zero-order chi connectivity index (χ0) is 13.7. The highest BCUT2D eigenvalue weighted by atomic mass is 16.2. The van der Waals surface area contributed by atoms with Crippen LogP contribution >= 0.6 is 0 Å². The predicted molar refractivity (Wildman–Crippen MR) is 78.5 cm³/mol. The van der Waals surface area contributed by atoms with E-state index in [0.717, 1.165) is 38.2 Å². The molecule has 1 aliphatic rings. The van der Waals surface area contributed by atoms with E-state index < -0.39 is 0 Å². The summed E-state index contributed by atoms with van der Waals surface area (Å²) in [4.78, 5) is 14.0. The van der Waals surface area contributed by atoms with Crippen LogP contribution in [0.5, 0.6) is 0 Å². The Labute approximate surface area is 115 Å². The summed E-state index contributed by atoms with van der Waals surface area (Å²) in [5.41, 5.74) is 2.06. The average molecular weight is 261 g/mol. The number of amides is 2. The van der Waals surface area contributed by atoms with Crippen LogP contribution in [0.4, 0.5) is 10.5 Å². The second-order valence-electron chi connectivity index (χ2n) is 5.12. The van der Waals surface area contributed by atoms with Gasteiger partial charge in [-0.25, -0.2) is 4.79 Å². The van der Waals surface area contributed by atoms with E-state index >= 15 is 0 Å². The maximum atomic E-state index is 12.1. The number of benzene rings is 1. The number of hydrogen-bond acceptors (Lipinski definition) is 2. The second-order valence-corrected chi connectivity index (χ2v) is 5.12. The standard InChI is InChI=1S/C15H23N3O/c1-3-16-13-8-10-18(11-9-13)15(19)17-14-6-4-12(2)5-7-14/h4-7,13,16H,3,8-11H2,1-2H3,(H,17,19). The molecule has 0 bridgehead atoms. The van der Waals surface area contributed by atoms with Crippen LogP contribution in [-0.2, 0) is 0 Å². The van der Waals surface area contributed by atoms with Crippen molar-refractivity contribution in [3.8, 4) is 0 Å². The summed E-state index contributed by atoms with van der Waals surface area (Å²) < 4.78 is 0. The lowest BCUT2D eigenvalue weighted by Crippen LogP contribution is -2.46. The van der Waals surface area contributed by atoms with Gasteiger partial charge in [0.2, 0.25) is 0 Å². The molecule has 104 valence electrons. The molecule has 4 heteroatoms. The molecule has 1 aliphatic heterocycles. The Morgan fingerprint density at radius 3 is 2.47 bits per heavy atom. The number of urea groups is 1. The third-order valence-corrected chi connectivity index (χ3v) is 3.58. The highest BCUT2D eigenvalue weighted by molar-refractivity contribution is 5.89. The van der Waals surface area contributed by atoms with Crippen molar-refractivity contribution in [2.45, 2.75) is 32.7 Å². The lowest BCUT2D eigenvalue weighted by molar-refractivity contribution is 0.189. The minimum absolute atomic E-state index is 0.0128. The van der Waals surface area contributed by atoms with Gasteiger partial charge in [0.15, 0.2) is 0 Å². The summed E-state index contributed by atoms with van der Waals surface area (Å²) in [6, 6.07) is 8.48. The Morgan fingerprint density at radius 2 is 1.89 bits per heavy atom. The molecule has 0 radical (unpaired) electrons. The molecule has 1 fully saturated rings. The molecule has 0 saturated carbocycles. The van der Waals surface area contributed by atoms with Gasteiger partial charge in [0, 0.05) is 24.8 Å². The summed E-state index contributed by atoms with van der Waals surface area (Å²) in [5, 5.41) is 6.39. The molecule has 1 aromatic carbocycles. The van der Waals surface area contributed by atoms with Gasteiger partial charge in [-0.1, -0.05) is 24.6 Å². The Hall–Kier alpha value is -1.55. The normalized spacial score (nSPS) is 16.4. The number of nitrogens with zero attached hydrogens (tertiary/aromatic N) is 1. The quantitative estimate of drug-likeness (QED) is 0.878. The Balaban J connectivity index is 1.83. The maximum absolute atomic E-state index is 12.1. The van der Waals surface area contributed by atoms with E-state index in [0.29, 0.717) is 6.04 Å². The molecule has 0 unspecified atom stereocenters. The molecule has 2 amide bonds. The number of carbonyl (C=O) groups is 1. The molecular formula is C15H23N3O. The van der Waals surface area contributed by atoms with E-state index in [2.05, 4.69) is 17.6 Å². The first-order chi connectivity index (χ1) is 9.19. The fraction of sp³-hybridized carbons (Fsp3) is 0.533. The summed E-state index contributed by atoms with van der Waals surface area (Å²) in [5.74, 6) is 0. The van der Waals surface area contributed by atoms with Gasteiger partial charge >= 0.3 is 6.03 Å². The smallest absolute Gasteiger partial charge is 0.321 e. The van der Waals surface area contributed by atoms with Crippen LogP contribution in [0, 0.1) is 6.92 Å². The highest BCUT2D eigenvalue weighted by Gasteiger charge is 2.21. The highest BCUT2D eigenvalue weighted by Crippen LogP contribution is 2.13. The van der Waals surface area contributed by atoms with Crippen molar-refractivity contribution in [2.75, 3.05) is 25.0 Å². The number of nitrogens with one attached hydrogen (secondary N) is 2. The van der Waals surface area contributed by atoms with Crippen molar-refractivity contribution in [2.24, 2.45) is 0 Å². The number of aryl methyl sites for hydroxylation is 1. The van der Waals surface area contributed by atoms with Crippen LogP contribution in [0.25, 0.3) is 0 Å². The van der Waals surface area contributed by atoms with Gasteiger partial charge in [0.1, 0.15) is 0 Å². The molecule has 0 aromatic heterocycles. The van der Waals surface area contributed by atoms with E-state index in [1.807, 2.05) is 36.1 Å². The molecule has 1 saturated heterocycles. The van der Waals surface area contributed by atoms with Crippen LogP contribution in [0.15, 0.2) is 24.3 Å². The summed E-state index contributed by atoms with van der Waals surface area (Å²) >= 11 is 0. The Bertz CT molecular complexity index is 408. The molecular weight excluding hydrogens is 238 g/mol. The molecule has 0 aliphatic carbocycles. The van der Waals surface area contributed by atoms with E-state index in [1.165, 1.54) is 5.56 Å². The number of rotatable bonds is 3. The summed E-state index contributed by atoms with van der Waals surface area (Å²) in [6.45, 7) is 6.82. The van der Waals surface area contributed by atoms with Gasteiger partial charge < -0.3 is 15.5 Å². The van der Waals surface area contributed by atoms with E-state index in [4.69, 9.17) is 0 Å². The predicted octanol–water partition coefficient (Wildman–Crippen LogP) is 2.60. The Morgan fingerprint density at radius 1 is 1.26 bits per heavy atom. The summed E-state index contributed by atoms with van der Waals surface area (Å²) in [6.07, 6.45) is 2.07. The van der Waals surface area contributed by atoms with Crippen LogP contribution in [-0.4, -0.2) is 36.6 Å². The molecule has 1 heterocycles. The zero-order valence-corrected chi connectivity index (χ0v) is 11.8. The van der Waals surface area contributed by atoms with E-state index in [-0.39, 0.29) is 6.03 Å². The number of anilines is 1. The van der Waals surface area contributed by atoms with Crippen LogP contribution in [0.2, 0.25) is 0 Å². The van der Waals surface area contributed by atoms with Crippen LogP contribution in [0.3, 0.4) is 0 Å². The van der Waals surface area contributed by atoms with Crippen LogP contribution < -0.4 is 10.6 Å². The van der Waals surface area contributed by atoms with Crippen molar-refractivity contribution in [1.29, 1.82) is 0 Å². The molecule has 0 spiro atoms. The van der Waals surface area contributed by atoms with Gasteiger partial charge in [-0.05, 0) is 38.4 Å².